The first-order valence-corrected chi connectivity index (χ1v) is 11.2. The van der Waals surface area contributed by atoms with Gasteiger partial charge in [0, 0.05) is 21.3 Å². The molecule has 1 fully saturated rings. The predicted octanol–water partition coefficient (Wildman–Crippen LogP) is 6.06. The van der Waals surface area contributed by atoms with Crippen LogP contribution in [0.2, 0.25) is 10.0 Å². The van der Waals surface area contributed by atoms with E-state index >= 15 is 0 Å². The minimum Gasteiger partial charge on any atom is -0.462 e. The van der Waals surface area contributed by atoms with E-state index in [1.165, 1.54) is 6.08 Å². The fourth-order valence-corrected chi connectivity index (χ4v) is 4.03. The van der Waals surface area contributed by atoms with Crippen molar-refractivity contribution in [1.29, 1.82) is 0 Å². The molecule has 31 heavy (non-hydrogen) atoms. The van der Waals surface area contributed by atoms with Crippen LogP contribution in [0.3, 0.4) is 0 Å². The lowest BCUT2D eigenvalue weighted by Crippen LogP contribution is -2.33. The number of nitrogens with zero attached hydrogens (tertiary/aromatic N) is 1. The van der Waals surface area contributed by atoms with Crippen LogP contribution in [-0.2, 0) is 9.53 Å². The minimum absolute atomic E-state index is 0.0153. The topological polar surface area (TPSA) is 75.7 Å². The molecule has 9 heteroatoms. The van der Waals surface area contributed by atoms with E-state index in [4.69, 9.17) is 27.9 Å². The molecule has 1 N–H and O–H groups in total. The van der Waals surface area contributed by atoms with Gasteiger partial charge in [-0.15, -0.1) is 0 Å². The van der Waals surface area contributed by atoms with Gasteiger partial charge in [0.1, 0.15) is 0 Å². The maximum absolute atomic E-state index is 12.7. The smallest absolute Gasteiger partial charge is 0.338 e. The van der Waals surface area contributed by atoms with Gasteiger partial charge in [-0.3, -0.25) is 14.5 Å². The van der Waals surface area contributed by atoms with Gasteiger partial charge in [-0.25, -0.2) is 4.79 Å². The molecule has 6 nitrogen and oxygen atoms in total. The SMILES string of the molecule is CCCCOC(=O)c1ccc(NCN2C(=O)SC(=Cc3c(Cl)cccc3Cl)C2=O)cc1. The molecule has 1 heterocycles. The molecular formula is C22H20Cl2N2O4S. The number of nitrogens with one attached hydrogen (secondary N) is 1. The van der Waals surface area contributed by atoms with Gasteiger partial charge in [0.15, 0.2) is 0 Å². The number of hydrogen-bond acceptors (Lipinski definition) is 6. The van der Waals surface area contributed by atoms with E-state index < -0.39 is 11.1 Å². The summed E-state index contributed by atoms with van der Waals surface area (Å²) in [5, 5.41) is 3.40. The molecule has 3 rings (SSSR count). The zero-order valence-corrected chi connectivity index (χ0v) is 19.0. The molecule has 1 aliphatic rings. The van der Waals surface area contributed by atoms with E-state index in [1.807, 2.05) is 6.92 Å². The average molecular weight is 479 g/mol. The molecule has 0 unspecified atom stereocenters. The highest BCUT2D eigenvalue weighted by atomic mass is 35.5. The fourth-order valence-electron chi connectivity index (χ4n) is 2.70. The molecule has 0 bridgehead atoms. The normalized spacial score (nSPS) is 14.9. The Morgan fingerprint density at radius 2 is 1.81 bits per heavy atom. The summed E-state index contributed by atoms with van der Waals surface area (Å²) in [5.41, 5.74) is 1.58. The Bertz CT molecular complexity index is 1000. The Morgan fingerprint density at radius 1 is 1.13 bits per heavy atom. The lowest BCUT2D eigenvalue weighted by Gasteiger charge is -2.14. The Kier molecular flexibility index (Phi) is 8.01. The molecule has 0 radical (unpaired) electrons. The standard InChI is InChI=1S/C22H20Cl2N2O4S/c1-2-3-11-30-21(28)14-7-9-15(10-8-14)25-13-26-20(27)19(31-22(26)29)12-16-17(23)5-4-6-18(16)24/h4-10,12,25H,2-3,11,13H2,1H3. The number of carbonyl (C=O) groups is 3. The highest BCUT2D eigenvalue weighted by Gasteiger charge is 2.35. The first-order valence-electron chi connectivity index (χ1n) is 9.61. The number of halogens is 2. The summed E-state index contributed by atoms with van der Waals surface area (Å²) in [6.07, 6.45) is 3.29. The van der Waals surface area contributed by atoms with Gasteiger partial charge < -0.3 is 10.1 Å². The van der Waals surface area contributed by atoms with Crippen LogP contribution in [0.5, 0.6) is 0 Å². The number of rotatable bonds is 8. The highest BCUT2D eigenvalue weighted by Crippen LogP contribution is 2.35. The molecule has 2 amide bonds. The van der Waals surface area contributed by atoms with E-state index in [0.717, 1.165) is 29.5 Å². The molecule has 1 aliphatic heterocycles. The lowest BCUT2D eigenvalue weighted by molar-refractivity contribution is -0.122. The van der Waals surface area contributed by atoms with Crippen LogP contribution in [0, 0.1) is 0 Å². The van der Waals surface area contributed by atoms with Gasteiger partial charge in [0.2, 0.25) is 0 Å². The van der Waals surface area contributed by atoms with Crippen molar-refractivity contribution >= 4 is 63.8 Å². The van der Waals surface area contributed by atoms with Crippen LogP contribution in [0.15, 0.2) is 47.4 Å². The summed E-state index contributed by atoms with van der Waals surface area (Å²) in [6, 6.07) is 11.7. The van der Waals surface area contributed by atoms with Crippen LogP contribution < -0.4 is 5.32 Å². The Morgan fingerprint density at radius 3 is 2.45 bits per heavy atom. The van der Waals surface area contributed by atoms with Crippen molar-refractivity contribution in [3.05, 3.63) is 68.5 Å². The molecule has 0 saturated carbocycles. The molecule has 0 spiro atoms. The quantitative estimate of drug-likeness (QED) is 0.282. The minimum atomic E-state index is -0.436. The zero-order valence-electron chi connectivity index (χ0n) is 16.7. The zero-order chi connectivity index (χ0) is 22.4. The summed E-state index contributed by atoms with van der Waals surface area (Å²) < 4.78 is 5.17. The molecule has 2 aromatic rings. The number of unbranched alkanes of at least 4 members (excludes halogenated alkanes) is 1. The van der Waals surface area contributed by atoms with Crippen molar-refractivity contribution in [3.63, 3.8) is 0 Å². The molecule has 0 aromatic heterocycles. The second-order valence-corrected chi connectivity index (χ2v) is 8.45. The largest absolute Gasteiger partial charge is 0.462 e. The molecule has 1 saturated heterocycles. The number of ether oxygens (including phenoxy) is 1. The van der Waals surface area contributed by atoms with Crippen LogP contribution in [-0.4, -0.2) is 35.3 Å². The number of hydrogen-bond donors (Lipinski definition) is 1. The molecule has 2 aromatic carbocycles. The van der Waals surface area contributed by atoms with Crippen LogP contribution in [0.25, 0.3) is 6.08 Å². The second kappa shape index (κ2) is 10.7. The van der Waals surface area contributed by atoms with Crippen molar-refractivity contribution in [3.8, 4) is 0 Å². The van der Waals surface area contributed by atoms with Crippen molar-refractivity contribution in [2.75, 3.05) is 18.6 Å². The van der Waals surface area contributed by atoms with E-state index in [1.54, 1.807) is 42.5 Å². The van der Waals surface area contributed by atoms with Gasteiger partial charge in [-0.2, -0.15) is 0 Å². The van der Waals surface area contributed by atoms with E-state index in [0.29, 0.717) is 33.5 Å². The van der Waals surface area contributed by atoms with Crippen molar-refractivity contribution < 1.29 is 19.1 Å². The number of anilines is 1. The highest BCUT2D eigenvalue weighted by molar-refractivity contribution is 8.18. The lowest BCUT2D eigenvalue weighted by atomic mass is 10.2. The third kappa shape index (κ3) is 5.81. The summed E-state index contributed by atoms with van der Waals surface area (Å²) in [7, 11) is 0. The maximum Gasteiger partial charge on any atom is 0.338 e. The summed E-state index contributed by atoms with van der Waals surface area (Å²) in [5.74, 6) is -0.816. The van der Waals surface area contributed by atoms with E-state index in [9.17, 15) is 14.4 Å². The Labute approximate surface area is 194 Å². The monoisotopic (exact) mass is 478 g/mol. The van der Waals surface area contributed by atoms with Crippen LogP contribution in [0.1, 0.15) is 35.7 Å². The summed E-state index contributed by atoms with van der Waals surface area (Å²) in [6.45, 7) is 2.40. The number of benzene rings is 2. The summed E-state index contributed by atoms with van der Waals surface area (Å²) >= 11 is 13.1. The Balaban J connectivity index is 1.62. The Hall–Kier alpha value is -2.48. The number of esters is 1. The van der Waals surface area contributed by atoms with Gasteiger partial charge in [-0.05, 0) is 60.7 Å². The number of imide groups is 1. The maximum atomic E-state index is 12.7. The van der Waals surface area contributed by atoms with Gasteiger partial charge in [-0.1, -0.05) is 42.6 Å². The summed E-state index contributed by atoms with van der Waals surface area (Å²) in [4.78, 5) is 38.3. The second-order valence-electron chi connectivity index (χ2n) is 6.65. The third-order valence-corrected chi connectivity index (χ3v) is 6.01. The number of carbonyl (C=O) groups excluding carboxylic acids is 3. The van der Waals surface area contributed by atoms with E-state index in [2.05, 4.69) is 5.32 Å². The van der Waals surface area contributed by atoms with Crippen molar-refractivity contribution in [1.82, 2.24) is 4.90 Å². The molecule has 0 aliphatic carbocycles. The van der Waals surface area contributed by atoms with Gasteiger partial charge in [0.05, 0.1) is 23.7 Å². The number of amides is 2. The van der Waals surface area contributed by atoms with Crippen LogP contribution >= 0.6 is 35.0 Å². The number of thioether (sulfide) groups is 1. The van der Waals surface area contributed by atoms with Crippen molar-refractivity contribution in [2.24, 2.45) is 0 Å². The van der Waals surface area contributed by atoms with Gasteiger partial charge in [0.25, 0.3) is 11.1 Å². The average Bonchev–Trinajstić information content (AvgIpc) is 3.02. The fraction of sp³-hybridized carbons (Fsp3) is 0.227. The molecule has 0 atom stereocenters. The molecular weight excluding hydrogens is 459 g/mol. The van der Waals surface area contributed by atoms with Crippen LogP contribution in [0.4, 0.5) is 10.5 Å². The van der Waals surface area contributed by atoms with Crippen molar-refractivity contribution in [2.45, 2.75) is 19.8 Å². The van der Waals surface area contributed by atoms with Gasteiger partial charge >= 0.3 is 5.97 Å². The predicted molar refractivity (Wildman–Crippen MR) is 124 cm³/mol. The van der Waals surface area contributed by atoms with E-state index in [-0.39, 0.29) is 17.5 Å². The third-order valence-electron chi connectivity index (χ3n) is 4.44. The first-order chi connectivity index (χ1) is 14.9. The first kappa shape index (κ1) is 23.2. The molecule has 162 valence electrons.